The van der Waals surface area contributed by atoms with E-state index in [1.54, 1.807) is 31.4 Å². The zero-order chi connectivity index (χ0) is 22.1. The summed E-state index contributed by atoms with van der Waals surface area (Å²) in [5, 5.41) is 0. The van der Waals surface area contributed by atoms with Crippen LogP contribution in [0.5, 0.6) is 11.5 Å². The maximum absolute atomic E-state index is 13.0. The van der Waals surface area contributed by atoms with Gasteiger partial charge < -0.3 is 14.4 Å². The van der Waals surface area contributed by atoms with E-state index in [1.165, 1.54) is 0 Å². The van der Waals surface area contributed by atoms with E-state index >= 15 is 0 Å². The van der Waals surface area contributed by atoms with Crippen molar-refractivity contribution in [3.05, 3.63) is 47.5 Å². The molecule has 7 heteroatoms. The maximum Gasteiger partial charge on any atom is 0.262 e. The van der Waals surface area contributed by atoms with Gasteiger partial charge >= 0.3 is 0 Å². The fourth-order valence-electron chi connectivity index (χ4n) is 3.54. The predicted octanol–water partition coefficient (Wildman–Crippen LogP) is 4.05. The Kier molecular flexibility index (Phi) is 6.34. The molecule has 3 rings (SSSR count). The third-order valence-corrected chi connectivity index (χ3v) is 7.48. The minimum absolute atomic E-state index is 0.00158. The van der Waals surface area contributed by atoms with Crippen LogP contribution in [0, 0.1) is 0 Å². The van der Waals surface area contributed by atoms with Crippen LogP contribution in [0.2, 0.25) is 0 Å². The van der Waals surface area contributed by atoms with Gasteiger partial charge in [0.05, 0.1) is 17.7 Å². The number of fused-ring (bicyclic) bond motifs is 1. The molecule has 0 aromatic heterocycles. The molecule has 1 N–H and O–H groups in total. The fourth-order valence-corrected chi connectivity index (χ4v) is 4.60. The highest BCUT2D eigenvalue weighted by Crippen LogP contribution is 2.40. The molecular weight excluding hydrogens is 400 g/mol. The second-order valence-corrected chi connectivity index (χ2v) is 10.3. The molecule has 164 valence electrons. The van der Waals surface area contributed by atoms with Crippen molar-refractivity contribution in [2.24, 2.45) is 0 Å². The first-order chi connectivity index (χ1) is 14.1. The van der Waals surface area contributed by atoms with Crippen LogP contribution in [0.1, 0.15) is 38.3 Å². The van der Waals surface area contributed by atoms with Crippen LogP contribution in [0.4, 0.5) is 5.69 Å². The average Bonchev–Trinajstić information content (AvgIpc) is 2.73. The summed E-state index contributed by atoms with van der Waals surface area (Å²) in [5.74, 6) is 1.24. The number of methoxy groups -OCH3 is 1. The lowest BCUT2D eigenvalue weighted by Crippen LogP contribution is -2.38. The van der Waals surface area contributed by atoms with Gasteiger partial charge in [-0.2, -0.15) is 0 Å². The van der Waals surface area contributed by atoms with Gasteiger partial charge in [0.1, 0.15) is 18.1 Å². The largest absolute Gasteiger partial charge is 0.496 e. The predicted molar refractivity (Wildman–Crippen MR) is 120 cm³/mol. The van der Waals surface area contributed by atoms with E-state index in [-0.39, 0.29) is 16.4 Å². The number of nitrogens with zero attached hydrogens (tertiary/aromatic N) is 1. The Morgan fingerprint density at radius 2 is 1.83 bits per heavy atom. The second kappa shape index (κ2) is 8.47. The quantitative estimate of drug-likeness (QED) is 0.715. The van der Waals surface area contributed by atoms with E-state index in [9.17, 15) is 8.42 Å². The molecule has 2 aromatic rings. The summed E-state index contributed by atoms with van der Waals surface area (Å²) in [5.41, 5.74) is 2.43. The number of hydrogen-bond donors (Lipinski definition) is 1. The molecule has 0 spiro atoms. The van der Waals surface area contributed by atoms with Gasteiger partial charge in [0.15, 0.2) is 0 Å². The molecule has 6 nitrogen and oxygen atoms in total. The van der Waals surface area contributed by atoms with Gasteiger partial charge in [-0.3, -0.25) is 4.72 Å². The van der Waals surface area contributed by atoms with Crippen LogP contribution in [0.3, 0.4) is 0 Å². The molecule has 30 heavy (non-hydrogen) atoms. The third kappa shape index (κ3) is 4.42. The van der Waals surface area contributed by atoms with Gasteiger partial charge in [-0.05, 0) is 62.2 Å². The fraction of sp³-hybridized carbons (Fsp3) is 0.478. The number of anilines is 1. The SMILES string of the molecule is CCC(C)(C)c1ccc(S(=O)(=O)Nc2ccc(OC)c3c2OC[C@H](N(C)C)C3)cc1. The van der Waals surface area contributed by atoms with Crippen molar-refractivity contribution in [2.45, 2.75) is 50.0 Å². The summed E-state index contributed by atoms with van der Waals surface area (Å²) in [7, 11) is 1.87. The van der Waals surface area contributed by atoms with E-state index in [2.05, 4.69) is 30.4 Å². The number of likely N-dealkylation sites (N-methyl/N-ethyl adjacent to an activating group) is 1. The van der Waals surface area contributed by atoms with Crippen molar-refractivity contribution in [3.63, 3.8) is 0 Å². The van der Waals surface area contributed by atoms with Crippen molar-refractivity contribution < 1.29 is 17.9 Å². The van der Waals surface area contributed by atoms with Crippen molar-refractivity contribution >= 4 is 15.7 Å². The third-order valence-electron chi connectivity index (χ3n) is 6.10. The first-order valence-corrected chi connectivity index (χ1v) is 11.7. The van der Waals surface area contributed by atoms with Crippen LogP contribution in [-0.4, -0.2) is 47.2 Å². The standard InChI is InChI=1S/C23H32N2O4S/c1-7-23(2,3)16-8-10-18(11-9-16)30(26,27)24-20-12-13-21(28-6)19-14-17(25(4)5)15-29-22(19)20/h8-13,17,24H,7,14-15H2,1-6H3/t17-/m1/s1. The lowest BCUT2D eigenvalue weighted by atomic mass is 9.82. The van der Waals surface area contributed by atoms with Crippen LogP contribution in [0.15, 0.2) is 41.3 Å². The van der Waals surface area contributed by atoms with Gasteiger partial charge in [0.25, 0.3) is 10.0 Å². The molecule has 2 aromatic carbocycles. The lowest BCUT2D eigenvalue weighted by molar-refractivity contribution is 0.164. The van der Waals surface area contributed by atoms with Crippen molar-refractivity contribution in [1.29, 1.82) is 0 Å². The molecule has 1 aliphatic rings. The number of benzene rings is 2. The van der Waals surface area contributed by atoms with E-state index < -0.39 is 10.0 Å². The highest BCUT2D eigenvalue weighted by molar-refractivity contribution is 7.92. The average molecular weight is 433 g/mol. The Morgan fingerprint density at radius 1 is 1.17 bits per heavy atom. The van der Waals surface area contributed by atoms with E-state index in [0.717, 1.165) is 24.0 Å². The summed E-state index contributed by atoms with van der Waals surface area (Å²) in [6, 6.07) is 10.8. The zero-order valence-electron chi connectivity index (χ0n) is 18.7. The molecule has 0 saturated carbocycles. The summed E-state index contributed by atoms with van der Waals surface area (Å²) < 4.78 is 40.3. The molecule has 0 saturated heterocycles. The summed E-state index contributed by atoms with van der Waals surface area (Å²) >= 11 is 0. The Morgan fingerprint density at radius 3 is 2.40 bits per heavy atom. The van der Waals surface area contributed by atoms with Gasteiger partial charge in [-0.25, -0.2) is 8.42 Å². The van der Waals surface area contributed by atoms with Crippen LogP contribution < -0.4 is 14.2 Å². The molecule has 0 radical (unpaired) electrons. The van der Waals surface area contributed by atoms with Gasteiger partial charge in [0, 0.05) is 11.6 Å². The Hall–Kier alpha value is -2.25. The van der Waals surface area contributed by atoms with Crippen LogP contribution in [-0.2, 0) is 21.9 Å². The molecule has 0 fully saturated rings. The van der Waals surface area contributed by atoms with E-state index in [4.69, 9.17) is 9.47 Å². The Balaban J connectivity index is 1.92. The highest BCUT2D eigenvalue weighted by atomic mass is 32.2. The lowest BCUT2D eigenvalue weighted by Gasteiger charge is -2.32. The van der Waals surface area contributed by atoms with Crippen molar-refractivity contribution in [3.8, 4) is 11.5 Å². The number of hydrogen-bond acceptors (Lipinski definition) is 5. The van der Waals surface area contributed by atoms with E-state index in [0.29, 0.717) is 23.8 Å². The molecular formula is C23H32N2O4S. The number of rotatable bonds is 7. The highest BCUT2D eigenvalue weighted by Gasteiger charge is 2.28. The van der Waals surface area contributed by atoms with Gasteiger partial charge in [0.2, 0.25) is 0 Å². The monoisotopic (exact) mass is 432 g/mol. The zero-order valence-corrected chi connectivity index (χ0v) is 19.5. The number of nitrogens with one attached hydrogen (secondary N) is 1. The smallest absolute Gasteiger partial charge is 0.262 e. The van der Waals surface area contributed by atoms with Gasteiger partial charge in [-0.15, -0.1) is 0 Å². The summed E-state index contributed by atoms with van der Waals surface area (Å²) in [6.07, 6.45) is 1.70. The van der Waals surface area contributed by atoms with E-state index in [1.807, 2.05) is 26.2 Å². The Labute approximate surface area is 180 Å². The van der Waals surface area contributed by atoms with Crippen molar-refractivity contribution in [1.82, 2.24) is 4.90 Å². The Bertz CT molecular complexity index is 999. The van der Waals surface area contributed by atoms with Crippen LogP contribution >= 0.6 is 0 Å². The minimum Gasteiger partial charge on any atom is -0.496 e. The summed E-state index contributed by atoms with van der Waals surface area (Å²) in [4.78, 5) is 2.32. The molecule has 0 amide bonds. The van der Waals surface area contributed by atoms with Crippen molar-refractivity contribution in [2.75, 3.05) is 32.5 Å². The number of ether oxygens (including phenoxy) is 2. The van der Waals surface area contributed by atoms with Crippen LogP contribution in [0.25, 0.3) is 0 Å². The topological polar surface area (TPSA) is 67.9 Å². The first kappa shape index (κ1) is 22.4. The molecule has 1 atom stereocenters. The molecule has 1 aliphatic heterocycles. The molecule has 0 bridgehead atoms. The molecule has 0 unspecified atom stereocenters. The molecule has 1 heterocycles. The second-order valence-electron chi connectivity index (χ2n) is 8.62. The maximum atomic E-state index is 13.0. The van der Waals surface area contributed by atoms with Gasteiger partial charge in [-0.1, -0.05) is 32.9 Å². The summed E-state index contributed by atoms with van der Waals surface area (Å²) in [6.45, 7) is 6.91. The number of sulfonamides is 1. The minimum atomic E-state index is -3.75. The molecule has 0 aliphatic carbocycles. The first-order valence-electron chi connectivity index (χ1n) is 10.2. The normalized spacial score (nSPS) is 16.7.